The molecule has 0 aliphatic heterocycles. The minimum atomic E-state index is -0.457. The molecule has 0 saturated carbocycles. The number of hydrogen-bond donors (Lipinski definition) is 1. The Kier molecular flexibility index (Phi) is 3.42. The Balaban J connectivity index is 2.35. The minimum Gasteiger partial charge on any atom is -0.462 e. The maximum Gasteiger partial charge on any atom is 0.341 e. The Hall–Kier alpha value is -2.15. The van der Waals surface area contributed by atoms with Crippen LogP contribution in [0, 0.1) is 0 Å². The zero-order valence-electron chi connectivity index (χ0n) is 9.50. The first-order valence-electron chi connectivity index (χ1n) is 5.12. The molecule has 2 heterocycles. The molecule has 2 aromatic rings. The molecule has 2 aromatic heterocycles. The average molecular weight is 268 g/mol. The summed E-state index contributed by atoms with van der Waals surface area (Å²) >= 11 is 5.92. The number of rotatable bonds is 3. The molecule has 2 rings (SSSR count). The fourth-order valence-electron chi connectivity index (χ4n) is 1.29. The summed E-state index contributed by atoms with van der Waals surface area (Å²) in [5.74, 6) is -0.0794. The standard InChI is InChI=1S/C10H10ClN5O2/c1-2-18-9(17)6-3-14-16(5-6)8-7(11)4-13-10(12)15-8/h3-5H,2H2,1H3,(H2,12,13,15). The molecule has 0 aliphatic rings. The second kappa shape index (κ2) is 5.01. The highest BCUT2D eigenvalue weighted by Crippen LogP contribution is 2.17. The summed E-state index contributed by atoms with van der Waals surface area (Å²) in [5, 5.41) is 4.26. The van der Waals surface area contributed by atoms with E-state index in [4.69, 9.17) is 22.1 Å². The van der Waals surface area contributed by atoms with E-state index < -0.39 is 5.97 Å². The van der Waals surface area contributed by atoms with Gasteiger partial charge in [0.2, 0.25) is 5.95 Å². The Morgan fingerprint density at radius 1 is 1.56 bits per heavy atom. The Labute approximate surface area is 108 Å². The highest BCUT2D eigenvalue weighted by atomic mass is 35.5. The molecule has 0 radical (unpaired) electrons. The lowest BCUT2D eigenvalue weighted by Gasteiger charge is -2.02. The van der Waals surface area contributed by atoms with Crippen molar-refractivity contribution in [2.45, 2.75) is 6.92 Å². The highest BCUT2D eigenvalue weighted by Gasteiger charge is 2.13. The SMILES string of the molecule is CCOC(=O)c1cnn(-c2nc(N)ncc2Cl)c1. The number of esters is 1. The lowest BCUT2D eigenvalue weighted by molar-refractivity contribution is 0.0526. The van der Waals surface area contributed by atoms with Gasteiger partial charge in [0.25, 0.3) is 0 Å². The van der Waals surface area contributed by atoms with Crippen molar-refractivity contribution >= 4 is 23.5 Å². The van der Waals surface area contributed by atoms with Crippen molar-refractivity contribution in [1.29, 1.82) is 0 Å². The molecule has 0 fully saturated rings. The number of hydrogen-bond acceptors (Lipinski definition) is 6. The second-order valence-electron chi connectivity index (χ2n) is 3.29. The molecule has 0 amide bonds. The van der Waals surface area contributed by atoms with E-state index in [0.717, 1.165) is 0 Å². The number of nitrogens with two attached hydrogens (primary N) is 1. The van der Waals surface area contributed by atoms with E-state index in [0.29, 0.717) is 18.0 Å². The van der Waals surface area contributed by atoms with Gasteiger partial charge < -0.3 is 10.5 Å². The van der Waals surface area contributed by atoms with Crippen molar-refractivity contribution in [3.05, 3.63) is 29.2 Å². The molecule has 0 unspecified atom stereocenters. The molecular weight excluding hydrogens is 258 g/mol. The fourth-order valence-corrected chi connectivity index (χ4v) is 1.47. The summed E-state index contributed by atoms with van der Waals surface area (Å²) in [6.07, 6.45) is 4.20. The van der Waals surface area contributed by atoms with Gasteiger partial charge in [0.05, 0.1) is 24.6 Å². The van der Waals surface area contributed by atoms with Gasteiger partial charge >= 0.3 is 5.97 Å². The van der Waals surface area contributed by atoms with Crippen molar-refractivity contribution in [2.75, 3.05) is 12.3 Å². The van der Waals surface area contributed by atoms with Gasteiger partial charge in [0.15, 0.2) is 5.82 Å². The van der Waals surface area contributed by atoms with E-state index in [1.165, 1.54) is 23.3 Å². The molecule has 0 atom stereocenters. The number of ether oxygens (including phenoxy) is 1. The van der Waals surface area contributed by atoms with Gasteiger partial charge in [-0.1, -0.05) is 11.6 Å². The summed E-state index contributed by atoms with van der Waals surface area (Å²) in [7, 11) is 0. The Bertz CT molecular complexity index is 583. The van der Waals surface area contributed by atoms with E-state index >= 15 is 0 Å². The summed E-state index contributed by atoms with van der Waals surface area (Å²) < 4.78 is 6.19. The molecule has 18 heavy (non-hydrogen) atoms. The van der Waals surface area contributed by atoms with E-state index in [2.05, 4.69) is 15.1 Å². The van der Waals surface area contributed by atoms with Gasteiger partial charge in [-0.15, -0.1) is 0 Å². The summed E-state index contributed by atoms with van der Waals surface area (Å²) in [5.41, 5.74) is 5.78. The minimum absolute atomic E-state index is 0.0718. The fraction of sp³-hybridized carbons (Fsp3) is 0.200. The summed E-state index contributed by atoms with van der Waals surface area (Å²) in [4.78, 5) is 19.2. The lowest BCUT2D eigenvalue weighted by atomic mass is 10.4. The average Bonchev–Trinajstić information content (AvgIpc) is 2.82. The van der Waals surface area contributed by atoms with Gasteiger partial charge in [0.1, 0.15) is 5.02 Å². The van der Waals surface area contributed by atoms with Crippen LogP contribution in [0.25, 0.3) is 5.82 Å². The van der Waals surface area contributed by atoms with Crippen LogP contribution >= 0.6 is 11.6 Å². The van der Waals surface area contributed by atoms with Crippen LogP contribution in [-0.2, 0) is 4.74 Å². The number of aromatic nitrogens is 4. The predicted octanol–water partition coefficient (Wildman–Crippen LogP) is 1.07. The summed E-state index contributed by atoms with van der Waals surface area (Å²) in [6.45, 7) is 2.02. The normalized spacial score (nSPS) is 10.3. The largest absolute Gasteiger partial charge is 0.462 e. The van der Waals surface area contributed by atoms with Gasteiger partial charge in [-0.2, -0.15) is 10.1 Å². The van der Waals surface area contributed by atoms with E-state index in [9.17, 15) is 4.79 Å². The van der Waals surface area contributed by atoms with E-state index in [-0.39, 0.29) is 11.0 Å². The highest BCUT2D eigenvalue weighted by molar-refractivity contribution is 6.32. The Morgan fingerprint density at radius 3 is 3.06 bits per heavy atom. The number of halogens is 1. The van der Waals surface area contributed by atoms with Crippen molar-refractivity contribution in [2.24, 2.45) is 0 Å². The number of carbonyl (C=O) groups is 1. The first kappa shape index (κ1) is 12.3. The lowest BCUT2D eigenvalue weighted by Crippen LogP contribution is -2.05. The monoisotopic (exact) mass is 267 g/mol. The van der Waals surface area contributed by atoms with Gasteiger partial charge in [0, 0.05) is 6.20 Å². The molecule has 0 aliphatic carbocycles. The Morgan fingerprint density at radius 2 is 2.33 bits per heavy atom. The quantitative estimate of drug-likeness (QED) is 0.836. The van der Waals surface area contributed by atoms with Crippen molar-refractivity contribution in [3.8, 4) is 5.82 Å². The molecule has 0 bridgehead atoms. The zero-order valence-corrected chi connectivity index (χ0v) is 10.3. The number of nitrogens with zero attached hydrogens (tertiary/aromatic N) is 4. The third kappa shape index (κ3) is 2.40. The molecule has 0 aromatic carbocycles. The van der Waals surface area contributed by atoms with Crippen LogP contribution in [0.2, 0.25) is 5.02 Å². The summed E-state index contributed by atoms with van der Waals surface area (Å²) in [6, 6.07) is 0. The molecule has 8 heteroatoms. The maximum absolute atomic E-state index is 11.5. The molecule has 2 N–H and O–H groups in total. The zero-order chi connectivity index (χ0) is 13.1. The molecule has 0 saturated heterocycles. The van der Waals surface area contributed by atoms with Crippen LogP contribution in [0.15, 0.2) is 18.6 Å². The van der Waals surface area contributed by atoms with E-state index in [1.54, 1.807) is 6.92 Å². The first-order chi connectivity index (χ1) is 8.61. The van der Waals surface area contributed by atoms with Crippen molar-refractivity contribution in [1.82, 2.24) is 19.7 Å². The molecule has 94 valence electrons. The number of nitrogen functional groups attached to an aromatic ring is 1. The third-order valence-electron chi connectivity index (χ3n) is 2.05. The van der Waals surface area contributed by atoms with E-state index in [1.807, 2.05) is 0 Å². The molecular formula is C10H10ClN5O2. The number of anilines is 1. The van der Waals surface area contributed by atoms with Crippen LogP contribution in [0.1, 0.15) is 17.3 Å². The smallest absolute Gasteiger partial charge is 0.341 e. The number of carbonyl (C=O) groups excluding carboxylic acids is 1. The van der Waals surface area contributed by atoms with Crippen molar-refractivity contribution in [3.63, 3.8) is 0 Å². The third-order valence-corrected chi connectivity index (χ3v) is 2.32. The predicted molar refractivity (Wildman–Crippen MR) is 64.5 cm³/mol. The van der Waals surface area contributed by atoms with Gasteiger partial charge in [-0.3, -0.25) is 0 Å². The molecule has 0 spiro atoms. The van der Waals surface area contributed by atoms with Gasteiger partial charge in [-0.25, -0.2) is 14.5 Å². The van der Waals surface area contributed by atoms with Crippen molar-refractivity contribution < 1.29 is 9.53 Å². The van der Waals surface area contributed by atoms with Crippen LogP contribution in [0.3, 0.4) is 0 Å². The maximum atomic E-state index is 11.5. The van der Waals surface area contributed by atoms with Crippen LogP contribution in [0.4, 0.5) is 5.95 Å². The topological polar surface area (TPSA) is 95.9 Å². The van der Waals surface area contributed by atoms with Gasteiger partial charge in [-0.05, 0) is 6.92 Å². The van der Waals surface area contributed by atoms with Crippen LogP contribution in [0.5, 0.6) is 0 Å². The molecule has 7 nitrogen and oxygen atoms in total. The second-order valence-corrected chi connectivity index (χ2v) is 3.70. The van der Waals surface area contributed by atoms with Crippen LogP contribution in [-0.4, -0.2) is 32.3 Å². The first-order valence-corrected chi connectivity index (χ1v) is 5.49. The van der Waals surface area contributed by atoms with Crippen LogP contribution < -0.4 is 5.73 Å².